The summed E-state index contributed by atoms with van der Waals surface area (Å²) in [6.45, 7) is 1.11. The predicted octanol–water partition coefficient (Wildman–Crippen LogP) is 0.735. The average molecular weight is 307 g/mol. The number of thioether (sulfide) groups is 1. The van der Waals surface area contributed by atoms with Crippen molar-refractivity contribution in [2.75, 3.05) is 18.8 Å². The molecule has 2 aromatic rings. The molecule has 0 unspecified atom stereocenters. The molecule has 1 saturated heterocycles. The van der Waals surface area contributed by atoms with Crippen molar-refractivity contribution in [2.24, 2.45) is 0 Å². The van der Waals surface area contributed by atoms with Gasteiger partial charge in [-0.3, -0.25) is 15.0 Å². The summed E-state index contributed by atoms with van der Waals surface area (Å²) in [5, 5.41) is 23.8. The number of carbonyl (C=O) groups excluding carboxylic acids is 1. The molecular formula is C13H17N5O2S. The Morgan fingerprint density at radius 1 is 1.43 bits per heavy atom. The van der Waals surface area contributed by atoms with Crippen LogP contribution in [-0.4, -0.2) is 55.2 Å². The van der Waals surface area contributed by atoms with Gasteiger partial charge >= 0.3 is 0 Å². The number of likely N-dealkylation sites (tertiary alicyclic amines) is 1. The van der Waals surface area contributed by atoms with Crippen LogP contribution in [0.25, 0.3) is 0 Å². The first-order valence-corrected chi connectivity index (χ1v) is 7.77. The van der Waals surface area contributed by atoms with Crippen LogP contribution in [-0.2, 0) is 10.4 Å². The van der Waals surface area contributed by atoms with E-state index in [0.29, 0.717) is 31.7 Å². The lowest BCUT2D eigenvalue weighted by Crippen LogP contribution is -2.46. The number of aliphatic hydroxyl groups is 1. The number of rotatable bonds is 4. The van der Waals surface area contributed by atoms with Gasteiger partial charge in [0.2, 0.25) is 5.91 Å². The topological polar surface area (TPSA) is 97.9 Å². The fourth-order valence-electron chi connectivity index (χ4n) is 2.46. The maximum atomic E-state index is 12.2. The number of nitrogens with zero attached hydrogens (tertiary/aromatic N) is 3. The Hall–Kier alpha value is -1.80. The molecule has 112 valence electrons. The van der Waals surface area contributed by atoms with Gasteiger partial charge in [0.1, 0.15) is 5.60 Å². The second-order valence-electron chi connectivity index (χ2n) is 5.11. The Kier molecular flexibility index (Phi) is 3.98. The second-order valence-corrected chi connectivity index (χ2v) is 6.15. The summed E-state index contributed by atoms with van der Waals surface area (Å²) in [5.74, 6) is 0.482. The lowest BCUT2D eigenvalue weighted by molar-refractivity contribution is -0.133. The van der Waals surface area contributed by atoms with Crippen molar-refractivity contribution in [3.05, 3.63) is 30.4 Å². The summed E-state index contributed by atoms with van der Waals surface area (Å²) in [6, 6.07) is 1.78. The van der Waals surface area contributed by atoms with Gasteiger partial charge in [-0.15, -0.1) is 11.8 Å². The molecule has 0 spiro atoms. The van der Waals surface area contributed by atoms with Crippen LogP contribution in [0, 0.1) is 0 Å². The maximum Gasteiger partial charge on any atom is 0.232 e. The standard InChI is InChI=1S/C13H17N5O2S/c19-12(9-21-10-7-15-16-8-10)18-5-2-13(20,3-6-18)11-1-4-14-17-11/h1,4,7-8,20H,2-3,5-6,9H2,(H,14,17)(H,15,16). The van der Waals surface area contributed by atoms with E-state index < -0.39 is 5.60 Å². The monoisotopic (exact) mass is 307 g/mol. The first-order chi connectivity index (χ1) is 10.2. The van der Waals surface area contributed by atoms with Gasteiger partial charge in [0, 0.05) is 30.4 Å². The number of hydrogen-bond acceptors (Lipinski definition) is 5. The van der Waals surface area contributed by atoms with Gasteiger partial charge in [-0.25, -0.2) is 0 Å². The quantitative estimate of drug-likeness (QED) is 0.724. The fourth-order valence-corrected chi connectivity index (χ4v) is 3.20. The lowest BCUT2D eigenvalue weighted by atomic mass is 9.88. The first kappa shape index (κ1) is 14.2. The SMILES string of the molecule is O=C(CSc1cn[nH]c1)N1CCC(O)(c2ccn[nH]2)CC1. The molecule has 1 amide bonds. The molecule has 3 heterocycles. The highest BCUT2D eigenvalue weighted by Crippen LogP contribution is 2.31. The molecule has 21 heavy (non-hydrogen) atoms. The molecule has 0 aromatic carbocycles. The van der Waals surface area contributed by atoms with Crippen molar-refractivity contribution in [2.45, 2.75) is 23.3 Å². The van der Waals surface area contributed by atoms with Crippen LogP contribution >= 0.6 is 11.8 Å². The van der Waals surface area contributed by atoms with Crippen LogP contribution < -0.4 is 0 Å². The highest BCUT2D eigenvalue weighted by atomic mass is 32.2. The van der Waals surface area contributed by atoms with Gasteiger partial charge in [-0.05, 0) is 18.9 Å². The number of nitrogens with one attached hydrogen (secondary N) is 2. The zero-order chi connectivity index (χ0) is 14.7. The summed E-state index contributed by atoms with van der Waals surface area (Å²) in [4.78, 5) is 14.9. The highest BCUT2D eigenvalue weighted by molar-refractivity contribution is 8.00. The normalized spacial score (nSPS) is 17.9. The second kappa shape index (κ2) is 5.90. The van der Waals surface area contributed by atoms with Gasteiger partial charge in [-0.2, -0.15) is 10.2 Å². The molecule has 3 N–H and O–H groups in total. The van der Waals surface area contributed by atoms with E-state index in [0.717, 1.165) is 10.6 Å². The third kappa shape index (κ3) is 3.11. The van der Waals surface area contributed by atoms with Gasteiger partial charge < -0.3 is 10.0 Å². The number of aromatic amines is 2. The van der Waals surface area contributed by atoms with Crippen LogP contribution in [0.4, 0.5) is 0 Å². The fraction of sp³-hybridized carbons (Fsp3) is 0.462. The zero-order valence-corrected chi connectivity index (χ0v) is 12.3. The Morgan fingerprint density at radius 2 is 2.24 bits per heavy atom. The van der Waals surface area contributed by atoms with E-state index in [9.17, 15) is 9.90 Å². The molecule has 7 nitrogen and oxygen atoms in total. The van der Waals surface area contributed by atoms with Crippen molar-refractivity contribution < 1.29 is 9.90 Å². The van der Waals surface area contributed by atoms with Crippen LogP contribution in [0.5, 0.6) is 0 Å². The van der Waals surface area contributed by atoms with Gasteiger partial charge in [0.05, 0.1) is 17.6 Å². The van der Waals surface area contributed by atoms with Crippen LogP contribution in [0.1, 0.15) is 18.5 Å². The Labute approximate surface area is 126 Å². The van der Waals surface area contributed by atoms with E-state index in [1.165, 1.54) is 11.8 Å². The average Bonchev–Trinajstić information content (AvgIpc) is 3.19. The van der Waals surface area contributed by atoms with Crippen molar-refractivity contribution in [1.29, 1.82) is 0 Å². The van der Waals surface area contributed by atoms with Crippen LogP contribution in [0.15, 0.2) is 29.6 Å². The molecule has 1 fully saturated rings. The minimum Gasteiger partial charge on any atom is -0.383 e. The highest BCUT2D eigenvalue weighted by Gasteiger charge is 2.36. The van der Waals surface area contributed by atoms with Crippen molar-refractivity contribution in [3.8, 4) is 0 Å². The molecule has 3 rings (SSSR count). The molecule has 1 aliphatic heterocycles. The van der Waals surface area contributed by atoms with E-state index in [2.05, 4.69) is 20.4 Å². The molecule has 0 atom stereocenters. The number of carbonyl (C=O) groups is 1. The van der Waals surface area contributed by atoms with Gasteiger partial charge in [0.15, 0.2) is 0 Å². The van der Waals surface area contributed by atoms with Crippen molar-refractivity contribution in [1.82, 2.24) is 25.3 Å². The molecule has 2 aromatic heterocycles. The van der Waals surface area contributed by atoms with E-state index in [4.69, 9.17) is 0 Å². The van der Waals surface area contributed by atoms with E-state index in [-0.39, 0.29) is 5.91 Å². The minimum absolute atomic E-state index is 0.0906. The Bertz CT molecular complexity index is 576. The zero-order valence-electron chi connectivity index (χ0n) is 11.5. The molecule has 0 saturated carbocycles. The Balaban J connectivity index is 1.52. The van der Waals surface area contributed by atoms with Crippen LogP contribution in [0.3, 0.4) is 0 Å². The summed E-state index contributed by atoms with van der Waals surface area (Å²) in [7, 11) is 0. The third-order valence-corrected chi connectivity index (χ3v) is 4.73. The molecule has 0 radical (unpaired) electrons. The lowest BCUT2D eigenvalue weighted by Gasteiger charge is -2.37. The largest absolute Gasteiger partial charge is 0.383 e. The van der Waals surface area contributed by atoms with E-state index in [1.807, 2.05) is 0 Å². The molecule has 8 heteroatoms. The van der Waals surface area contributed by atoms with Crippen molar-refractivity contribution in [3.63, 3.8) is 0 Å². The number of amides is 1. The van der Waals surface area contributed by atoms with E-state index in [1.54, 1.807) is 29.6 Å². The predicted molar refractivity (Wildman–Crippen MR) is 77.6 cm³/mol. The van der Waals surface area contributed by atoms with Crippen LogP contribution in [0.2, 0.25) is 0 Å². The molecular weight excluding hydrogens is 290 g/mol. The minimum atomic E-state index is -0.898. The summed E-state index contributed by atoms with van der Waals surface area (Å²) in [6.07, 6.45) is 6.15. The van der Waals surface area contributed by atoms with E-state index >= 15 is 0 Å². The molecule has 0 aliphatic carbocycles. The number of hydrogen-bond donors (Lipinski definition) is 3. The molecule has 1 aliphatic rings. The van der Waals surface area contributed by atoms with Gasteiger partial charge in [0.25, 0.3) is 0 Å². The number of piperidine rings is 1. The summed E-state index contributed by atoms with van der Waals surface area (Å²) < 4.78 is 0. The summed E-state index contributed by atoms with van der Waals surface area (Å²) >= 11 is 1.46. The first-order valence-electron chi connectivity index (χ1n) is 6.79. The van der Waals surface area contributed by atoms with Gasteiger partial charge in [-0.1, -0.05) is 0 Å². The smallest absolute Gasteiger partial charge is 0.232 e. The molecule has 0 bridgehead atoms. The third-order valence-electron chi connectivity index (χ3n) is 3.78. The maximum absolute atomic E-state index is 12.2. The number of aromatic nitrogens is 4. The number of H-pyrrole nitrogens is 2. The summed E-state index contributed by atoms with van der Waals surface area (Å²) in [5.41, 5.74) is -0.173. The van der Waals surface area contributed by atoms with Crippen molar-refractivity contribution >= 4 is 17.7 Å². The Morgan fingerprint density at radius 3 is 2.86 bits per heavy atom.